The van der Waals surface area contributed by atoms with E-state index < -0.39 is 0 Å². The standard InChI is InChI=1S/C14H21ClN2O/c1-2-18-14-9-5-8-13(17-14)16-10-11-6-3-4-7-12(11)15/h5,8-9,11-12H,2-4,6-7,10H2,1H3,(H,16,17). The van der Waals surface area contributed by atoms with E-state index in [0.29, 0.717) is 23.8 Å². The highest BCUT2D eigenvalue weighted by molar-refractivity contribution is 6.20. The predicted octanol–water partition coefficient (Wildman–Crippen LogP) is 3.69. The molecule has 0 saturated heterocycles. The molecule has 1 aliphatic rings. The molecule has 0 aromatic carbocycles. The first-order valence-electron chi connectivity index (χ1n) is 6.77. The van der Waals surface area contributed by atoms with Crippen LogP contribution < -0.4 is 10.1 Å². The number of aromatic nitrogens is 1. The summed E-state index contributed by atoms with van der Waals surface area (Å²) in [7, 11) is 0. The third kappa shape index (κ3) is 3.77. The topological polar surface area (TPSA) is 34.1 Å². The summed E-state index contributed by atoms with van der Waals surface area (Å²) in [6.45, 7) is 3.50. The highest BCUT2D eigenvalue weighted by Gasteiger charge is 2.22. The van der Waals surface area contributed by atoms with Gasteiger partial charge in [-0.15, -0.1) is 11.6 Å². The number of pyridine rings is 1. The van der Waals surface area contributed by atoms with Crippen molar-refractivity contribution in [3.63, 3.8) is 0 Å². The number of nitrogens with one attached hydrogen (secondary N) is 1. The SMILES string of the molecule is CCOc1cccc(NCC2CCCCC2Cl)n1. The number of hydrogen-bond acceptors (Lipinski definition) is 3. The number of ether oxygens (including phenoxy) is 1. The van der Waals surface area contributed by atoms with Gasteiger partial charge < -0.3 is 10.1 Å². The lowest BCUT2D eigenvalue weighted by Crippen LogP contribution is -2.26. The summed E-state index contributed by atoms with van der Waals surface area (Å²) < 4.78 is 5.38. The van der Waals surface area contributed by atoms with Crippen molar-refractivity contribution >= 4 is 17.4 Å². The molecule has 2 rings (SSSR count). The highest BCUT2D eigenvalue weighted by atomic mass is 35.5. The molecule has 0 amide bonds. The Bertz CT molecular complexity index is 373. The minimum absolute atomic E-state index is 0.307. The van der Waals surface area contributed by atoms with Gasteiger partial charge in [-0.25, -0.2) is 0 Å². The molecular formula is C14H21ClN2O. The van der Waals surface area contributed by atoms with Gasteiger partial charge in [0.15, 0.2) is 0 Å². The number of nitrogens with zero attached hydrogens (tertiary/aromatic N) is 1. The fourth-order valence-corrected chi connectivity index (χ4v) is 2.74. The van der Waals surface area contributed by atoms with E-state index >= 15 is 0 Å². The maximum absolute atomic E-state index is 6.34. The minimum atomic E-state index is 0.307. The molecule has 1 aromatic rings. The molecule has 0 aliphatic heterocycles. The third-order valence-electron chi connectivity index (χ3n) is 3.38. The molecule has 0 radical (unpaired) electrons. The van der Waals surface area contributed by atoms with Crippen molar-refractivity contribution in [1.29, 1.82) is 0 Å². The van der Waals surface area contributed by atoms with Crippen molar-refractivity contribution in [1.82, 2.24) is 4.98 Å². The summed E-state index contributed by atoms with van der Waals surface area (Å²) in [5.41, 5.74) is 0. The van der Waals surface area contributed by atoms with E-state index in [4.69, 9.17) is 16.3 Å². The maximum Gasteiger partial charge on any atom is 0.215 e. The van der Waals surface area contributed by atoms with Gasteiger partial charge in [0.05, 0.1) is 6.61 Å². The summed E-state index contributed by atoms with van der Waals surface area (Å²) in [5, 5.41) is 3.67. The molecule has 100 valence electrons. The van der Waals surface area contributed by atoms with Crippen LogP contribution in [-0.2, 0) is 0 Å². The molecule has 1 saturated carbocycles. The van der Waals surface area contributed by atoms with Crippen LogP contribution in [0.1, 0.15) is 32.6 Å². The average Bonchev–Trinajstić information content (AvgIpc) is 2.39. The Morgan fingerprint density at radius 3 is 3.00 bits per heavy atom. The molecule has 1 aliphatic carbocycles. The Morgan fingerprint density at radius 1 is 1.39 bits per heavy atom. The Hall–Kier alpha value is -0.960. The normalized spacial score (nSPS) is 23.7. The molecule has 4 heteroatoms. The molecular weight excluding hydrogens is 248 g/mol. The number of alkyl halides is 1. The quantitative estimate of drug-likeness (QED) is 0.827. The summed E-state index contributed by atoms with van der Waals surface area (Å²) in [5.74, 6) is 2.10. The van der Waals surface area contributed by atoms with Crippen LogP contribution in [0.15, 0.2) is 18.2 Å². The molecule has 1 heterocycles. The van der Waals surface area contributed by atoms with E-state index in [0.717, 1.165) is 18.8 Å². The molecule has 0 spiro atoms. The van der Waals surface area contributed by atoms with Gasteiger partial charge in [-0.1, -0.05) is 18.9 Å². The van der Waals surface area contributed by atoms with Gasteiger partial charge in [0.1, 0.15) is 5.82 Å². The van der Waals surface area contributed by atoms with Crippen LogP contribution in [0, 0.1) is 5.92 Å². The van der Waals surface area contributed by atoms with E-state index in [9.17, 15) is 0 Å². The molecule has 2 unspecified atom stereocenters. The van der Waals surface area contributed by atoms with Crippen molar-refractivity contribution in [3.8, 4) is 5.88 Å². The second-order valence-electron chi connectivity index (χ2n) is 4.74. The van der Waals surface area contributed by atoms with Crippen LogP contribution in [0.2, 0.25) is 0 Å². The third-order valence-corrected chi connectivity index (χ3v) is 3.95. The van der Waals surface area contributed by atoms with Gasteiger partial charge in [-0.3, -0.25) is 0 Å². The zero-order chi connectivity index (χ0) is 12.8. The number of rotatable bonds is 5. The molecule has 18 heavy (non-hydrogen) atoms. The molecule has 1 fully saturated rings. The summed E-state index contributed by atoms with van der Waals surface area (Å²) in [6, 6.07) is 5.80. The van der Waals surface area contributed by atoms with E-state index in [1.807, 2.05) is 25.1 Å². The Balaban J connectivity index is 1.87. The van der Waals surface area contributed by atoms with Gasteiger partial charge in [-0.05, 0) is 31.7 Å². The first-order chi connectivity index (χ1) is 8.79. The second-order valence-corrected chi connectivity index (χ2v) is 5.30. The van der Waals surface area contributed by atoms with Gasteiger partial charge >= 0.3 is 0 Å². The zero-order valence-corrected chi connectivity index (χ0v) is 11.6. The minimum Gasteiger partial charge on any atom is -0.478 e. The Labute approximate surface area is 114 Å². The molecule has 2 atom stereocenters. The summed E-state index contributed by atoms with van der Waals surface area (Å²) in [6.07, 6.45) is 4.91. The van der Waals surface area contributed by atoms with Crippen LogP contribution >= 0.6 is 11.6 Å². The zero-order valence-electron chi connectivity index (χ0n) is 10.9. The number of hydrogen-bond donors (Lipinski definition) is 1. The average molecular weight is 269 g/mol. The van der Waals surface area contributed by atoms with Crippen molar-refractivity contribution in [2.75, 3.05) is 18.5 Å². The Morgan fingerprint density at radius 2 is 2.22 bits per heavy atom. The molecule has 1 aromatic heterocycles. The summed E-state index contributed by atoms with van der Waals surface area (Å²) >= 11 is 6.34. The highest BCUT2D eigenvalue weighted by Crippen LogP contribution is 2.28. The van der Waals surface area contributed by atoms with E-state index in [2.05, 4.69) is 10.3 Å². The maximum atomic E-state index is 6.34. The van der Waals surface area contributed by atoms with Gasteiger partial charge in [0, 0.05) is 18.0 Å². The molecule has 1 N–H and O–H groups in total. The van der Waals surface area contributed by atoms with Crippen molar-refractivity contribution in [3.05, 3.63) is 18.2 Å². The van der Waals surface area contributed by atoms with Crippen molar-refractivity contribution < 1.29 is 4.74 Å². The molecule has 0 bridgehead atoms. The Kier molecular flexibility index (Phi) is 5.12. The van der Waals surface area contributed by atoms with Crippen molar-refractivity contribution in [2.45, 2.75) is 38.0 Å². The van der Waals surface area contributed by atoms with E-state index in [1.165, 1.54) is 19.3 Å². The van der Waals surface area contributed by atoms with Crippen LogP contribution in [0.5, 0.6) is 5.88 Å². The largest absolute Gasteiger partial charge is 0.478 e. The van der Waals surface area contributed by atoms with Gasteiger partial charge in [-0.2, -0.15) is 4.98 Å². The lowest BCUT2D eigenvalue weighted by molar-refractivity contribution is 0.327. The fraction of sp³-hybridized carbons (Fsp3) is 0.643. The smallest absolute Gasteiger partial charge is 0.215 e. The molecule has 3 nitrogen and oxygen atoms in total. The fourth-order valence-electron chi connectivity index (χ4n) is 2.37. The lowest BCUT2D eigenvalue weighted by Gasteiger charge is -2.27. The summed E-state index contributed by atoms with van der Waals surface area (Å²) in [4.78, 5) is 4.40. The van der Waals surface area contributed by atoms with Gasteiger partial charge in [0.2, 0.25) is 5.88 Å². The first kappa shape index (κ1) is 13.5. The second kappa shape index (κ2) is 6.83. The van der Waals surface area contributed by atoms with Crippen LogP contribution in [0.4, 0.5) is 5.82 Å². The van der Waals surface area contributed by atoms with Crippen LogP contribution in [-0.4, -0.2) is 23.5 Å². The van der Waals surface area contributed by atoms with Crippen molar-refractivity contribution in [2.24, 2.45) is 5.92 Å². The number of anilines is 1. The van der Waals surface area contributed by atoms with E-state index in [1.54, 1.807) is 0 Å². The van der Waals surface area contributed by atoms with Crippen LogP contribution in [0.25, 0.3) is 0 Å². The predicted molar refractivity (Wildman–Crippen MR) is 75.5 cm³/mol. The lowest BCUT2D eigenvalue weighted by atomic mass is 9.89. The number of halogens is 1. The van der Waals surface area contributed by atoms with Crippen LogP contribution in [0.3, 0.4) is 0 Å². The monoisotopic (exact) mass is 268 g/mol. The first-order valence-corrected chi connectivity index (χ1v) is 7.21. The van der Waals surface area contributed by atoms with E-state index in [-0.39, 0.29) is 0 Å². The van der Waals surface area contributed by atoms with Gasteiger partial charge in [0.25, 0.3) is 0 Å².